The summed E-state index contributed by atoms with van der Waals surface area (Å²) in [6.07, 6.45) is 7.26. The van der Waals surface area contributed by atoms with Crippen molar-refractivity contribution in [2.75, 3.05) is 5.32 Å². The normalized spacial score (nSPS) is 15.6. The average Bonchev–Trinajstić information content (AvgIpc) is 2.89. The Morgan fingerprint density at radius 2 is 2.17 bits per heavy atom. The summed E-state index contributed by atoms with van der Waals surface area (Å²) >= 11 is 0. The zero-order valence-electron chi connectivity index (χ0n) is 9.93. The molecule has 18 heavy (non-hydrogen) atoms. The highest BCUT2D eigenvalue weighted by Gasteiger charge is 2.17. The Kier molecular flexibility index (Phi) is 3.81. The minimum Gasteiger partial charge on any atom is -0.480 e. The summed E-state index contributed by atoms with van der Waals surface area (Å²) in [4.78, 5) is 22.1. The van der Waals surface area contributed by atoms with Crippen LogP contribution in [0.4, 0.5) is 10.5 Å². The van der Waals surface area contributed by atoms with Crippen molar-refractivity contribution < 1.29 is 14.7 Å². The quantitative estimate of drug-likeness (QED) is 0.745. The number of hydrogen-bond acceptors (Lipinski definition) is 3. The number of nitrogens with zero attached hydrogens (tertiary/aromatic N) is 2. The van der Waals surface area contributed by atoms with Crippen molar-refractivity contribution in [1.82, 2.24) is 15.1 Å². The summed E-state index contributed by atoms with van der Waals surface area (Å²) in [5, 5.41) is 17.9. The molecule has 1 aromatic rings. The monoisotopic (exact) mass is 252 g/mol. The number of aliphatic carboxylic acids is 1. The number of aromatic nitrogens is 2. The molecular weight excluding hydrogens is 236 g/mol. The second-order valence-electron chi connectivity index (χ2n) is 4.40. The summed E-state index contributed by atoms with van der Waals surface area (Å²) in [6, 6.07) is -0.0177. The van der Waals surface area contributed by atoms with Gasteiger partial charge in [0.05, 0.1) is 11.9 Å². The molecule has 7 heteroatoms. The zero-order chi connectivity index (χ0) is 13.0. The number of anilines is 1. The van der Waals surface area contributed by atoms with E-state index in [-0.39, 0.29) is 18.6 Å². The van der Waals surface area contributed by atoms with Crippen LogP contribution < -0.4 is 10.6 Å². The second kappa shape index (κ2) is 5.52. The molecule has 0 spiro atoms. The fourth-order valence-electron chi connectivity index (χ4n) is 2.08. The molecule has 98 valence electrons. The largest absolute Gasteiger partial charge is 0.480 e. The Morgan fingerprint density at radius 1 is 1.44 bits per heavy atom. The molecule has 2 rings (SSSR count). The number of rotatable bonds is 4. The van der Waals surface area contributed by atoms with Crippen LogP contribution in [0, 0.1) is 0 Å². The van der Waals surface area contributed by atoms with Crippen molar-refractivity contribution in [3.63, 3.8) is 0 Å². The number of amides is 2. The minimum atomic E-state index is -0.972. The van der Waals surface area contributed by atoms with Crippen molar-refractivity contribution in [3.05, 3.63) is 12.4 Å². The van der Waals surface area contributed by atoms with Gasteiger partial charge in [0, 0.05) is 12.2 Å². The van der Waals surface area contributed by atoms with Crippen molar-refractivity contribution in [1.29, 1.82) is 0 Å². The van der Waals surface area contributed by atoms with E-state index in [1.807, 2.05) is 0 Å². The van der Waals surface area contributed by atoms with E-state index in [1.165, 1.54) is 17.1 Å². The lowest BCUT2D eigenvalue weighted by Gasteiger charge is -2.11. The molecule has 1 saturated carbocycles. The fourth-order valence-corrected chi connectivity index (χ4v) is 2.08. The minimum absolute atomic E-state index is 0.216. The fraction of sp³-hybridized carbons (Fsp3) is 0.545. The molecule has 0 bridgehead atoms. The smallest absolute Gasteiger partial charge is 0.325 e. The van der Waals surface area contributed by atoms with Crippen LogP contribution in [0.3, 0.4) is 0 Å². The first-order valence-electron chi connectivity index (χ1n) is 5.95. The maximum atomic E-state index is 11.6. The predicted octanol–water partition coefficient (Wildman–Crippen LogP) is 1.03. The van der Waals surface area contributed by atoms with Crippen LogP contribution in [0.25, 0.3) is 0 Å². The van der Waals surface area contributed by atoms with Gasteiger partial charge in [0.1, 0.15) is 6.54 Å². The first-order chi connectivity index (χ1) is 8.63. The van der Waals surface area contributed by atoms with E-state index >= 15 is 0 Å². The molecule has 0 unspecified atom stereocenters. The Hall–Kier alpha value is -2.05. The van der Waals surface area contributed by atoms with E-state index in [2.05, 4.69) is 15.7 Å². The zero-order valence-corrected chi connectivity index (χ0v) is 9.93. The standard InChI is InChI=1S/C11H16N4O3/c16-10(17)7-15-6-9(5-12-15)14-11(18)13-8-3-1-2-4-8/h5-6,8H,1-4,7H2,(H,16,17)(H2,13,14,18). The van der Waals surface area contributed by atoms with Crippen molar-refractivity contribution in [2.24, 2.45) is 0 Å². The van der Waals surface area contributed by atoms with Gasteiger partial charge in [-0.2, -0.15) is 5.10 Å². The third-order valence-corrected chi connectivity index (χ3v) is 2.88. The predicted molar refractivity (Wildman–Crippen MR) is 64.3 cm³/mol. The van der Waals surface area contributed by atoms with E-state index in [9.17, 15) is 9.59 Å². The highest BCUT2D eigenvalue weighted by atomic mass is 16.4. The molecule has 0 radical (unpaired) electrons. The molecule has 1 aromatic heterocycles. The maximum Gasteiger partial charge on any atom is 0.325 e. The highest BCUT2D eigenvalue weighted by Crippen LogP contribution is 2.17. The lowest BCUT2D eigenvalue weighted by atomic mass is 10.2. The third-order valence-electron chi connectivity index (χ3n) is 2.88. The number of urea groups is 1. The van der Waals surface area contributed by atoms with Crippen molar-refractivity contribution in [3.8, 4) is 0 Å². The topological polar surface area (TPSA) is 96.2 Å². The Morgan fingerprint density at radius 3 is 2.83 bits per heavy atom. The number of carboxylic acids is 1. The second-order valence-corrected chi connectivity index (χ2v) is 4.40. The molecule has 0 atom stereocenters. The van der Waals surface area contributed by atoms with Gasteiger partial charge in [0.25, 0.3) is 0 Å². The van der Waals surface area contributed by atoms with Gasteiger partial charge in [-0.25, -0.2) is 4.79 Å². The Labute approximate surface area is 104 Å². The summed E-state index contributed by atoms with van der Waals surface area (Å²) in [7, 11) is 0. The summed E-state index contributed by atoms with van der Waals surface area (Å²) in [5.41, 5.74) is 0.492. The van der Waals surface area contributed by atoms with E-state index in [0.717, 1.165) is 25.7 Å². The summed E-state index contributed by atoms with van der Waals surface area (Å²) in [5.74, 6) is -0.972. The van der Waals surface area contributed by atoms with Crippen LogP contribution in [-0.4, -0.2) is 32.9 Å². The van der Waals surface area contributed by atoms with Crippen LogP contribution >= 0.6 is 0 Å². The molecule has 2 amide bonds. The first-order valence-corrected chi connectivity index (χ1v) is 5.95. The van der Waals surface area contributed by atoms with Gasteiger partial charge in [-0.3, -0.25) is 9.48 Å². The van der Waals surface area contributed by atoms with Crippen molar-refractivity contribution >= 4 is 17.7 Å². The van der Waals surface area contributed by atoms with E-state index in [0.29, 0.717) is 5.69 Å². The van der Waals surface area contributed by atoms with Crippen LogP contribution in [-0.2, 0) is 11.3 Å². The van der Waals surface area contributed by atoms with E-state index < -0.39 is 5.97 Å². The van der Waals surface area contributed by atoms with Gasteiger partial charge >= 0.3 is 12.0 Å². The molecule has 0 saturated heterocycles. The van der Waals surface area contributed by atoms with E-state index in [1.54, 1.807) is 0 Å². The lowest BCUT2D eigenvalue weighted by Crippen LogP contribution is -2.36. The molecule has 3 N–H and O–H groups in total. The molecular formula is C11H16N4O3. The third kappa shape index (κ3) is 3.47. The number of carbonyl (C=O) groups excluding carboxylic acids is 1. The van der Waals surface area contributed by atoms with Crippen LogP contribution in [0.2, 0.25) is 0 Å². The van der Waals surface area contributed by atoms with Crippen LogP contribution in [0.5, 0.6) is 0 Å². The molecule has 1 aliphatic carbocycles. The van der Waals surface area contributed by atoms with E-state index in [4.69, 9.17) is 5.11 Å². The molecule has 0 aliphatic heterocycles. The SMILES string of the molecule is O=C(O)Cn1cc(NC(=O)NC2CCCC2)cn1. The van der Waals surface area contributed by atoms with Gasteiger partial charge < -0.3 is 15.7 Å². The number of carboxylic acid groups (broad SMARTS) is 1. The van der Waals surface area contributed by atoms with Crippen LogP contribution in [0.1, 0.15) is 25.7 Å². The van der Waals surface area contributed by atoms with Gasteiger partial charge in [-0.05, 0) is 12.8 Å². The van der Waals surface area contributed by atoms with Gasteiger partial charge in [0.15, 0.2) is 0 Å². The van der Waals surface area contributed by atoms with Gasteiger partial charge in [0.2, 0.25) is 0 Å². The highest BCUT2D eigenvalue weighted by molar-refractivity contribution is 5.89. The molecule has 1 aliphatic rings. The Balaban J connectivity index is 1.82. The molecule has 7 nitrogen and oxygen atoms in total. The number of nitrogens with one attached hydrogen (secondary N) is 2. The molecule has 1 fully saturated rings. The number of hydrogen-bond donors (Lipinski definition) is 3. The summed E-state index contributed by atoms with van der Waals surface area (Å²) < 4.78 is 1.26. The summed E-state index contributed by atoms with van der Waals surface area (Å²) in [6.45, 7) is -0.216. The van der Waals surface area contributed by atoms with Gasteiger partial charge in [-0.1, -0.05) is 12.8 Å². The lowest BCUT2D eigenvalue weighted by molar-refractivity contribution is -0.137. The number of carbonyl (C=O) groups is 2. The molecule has 0 aromatic carbocycles. The molecule has 1 heterocycles. The Bertz CT molecular complexity index is 437. The van der Waals surface area contributed by atoms with Crippen LogP contribution in [0.15, 0.2) is 12.4 Å². The van der Waals surface area contributed by atoms with Crippen molar-refractivity contribution in [2.45, 2.75) is 38.3 Å². The first kappa shape index (κ1) is 12.4. The average molecular weight is 252 g/mol. The maximum absolute atomic E-state index is 11.6. The van der Waals surface area contributed by atoms with Gasteiger partial charge in [-0.15, -0.1) is 0 Å².